The quantitative estimate of drug-likeness (QED) is 0.826. The van der Waals surface area contributed by atoms with Gasteiger partial charge in [-0.25, -0.2) is 8.78 Å². The van der Waals surface area contributed by atoms with E-state index in [-0.39, 0.29) is 12.2 Å². The summed E-state index contributed by atoms with van der Waals surface area (Å²) >= 11 is 0. The largest absolute Gasteiger partial charge is 0.394 e. The second kappa shape index (κ2) is 5.53. The first-order chi connectivity index (χ1) is 8.24. The third-order valence-electron chi connectivity index (χ3n) is 3.10. The van der Waals surface area contributed by atoms with E-state index in [4.69, 9.17) is 0 Å². The molecule has 0 bridgehead atoms. The van der Waals surface area contributed by atoms with Crippen molar-refractivity contribution in [2.24, 2.45) is 0 Å². The number of piperazine rings is 1. The van der Waals surface area contributed by atoms with E-state index in [9.17, 15) is 13.9 Å². The van der Waals surface area contributed by atoms with Crippen LogP contribution in [0.2, 0.25) is 0 Å². The van der Waals surface area contributed by atoms with E-state index in [1.54, 1.807) is 0 Å². The first-order valence-corrected chi connectivity index (χ1v) is 5.73. The number of nitrogens with one attached hydrogen (secondary N) is 1. The minimum atomic E-state index is -0.599. The molecule has 0 amide bonds. The number of hydrogen-bond acceptors (Lipinski definition) is 3. The lowest BCUT2D eigenvalue weighted by atomic mass is 10.0. The third kappa shape index (κ3) is 2.62. The Morgan fingerprint density at radius 3 is 2.35 bits per heavy atom. The van der Waals surface area contributed by atoms with Gasteiger partial charge in [0.2, 0.25) is 0 Å². The minimum Gasteiger partial charge on any atom is -0.394 e. The fourth-order valence-electron chi connectivity index (χ4n) is 2.21. The zero-order valence-electron chi connectivity index (χ0n) is 9.50. The Labute approximate surface area is 99.1 Å². The number of benzene rings is 1. The summed E-state index contributed by atoms with van der Waals surface area (Å²) in [4.78, 5) is 1.90. The molecule has 0 aliphatic carbocycles. The number of rotatable bonds is 3. The minimum absolute atomic E-state index is 0.0306. The molecule has 94 valence electrons. The second-order valence-corrected chi connectivity index (χ2v) is 4.12. The van der Waals surface area contributed by atoms with Gasteiger partial charge in [0.25, 0.3) is 0 Å². The normalized spacial score (nSPS) is 19.2. The highest BCUT2D eigenvalue weighted by molar-refractivity contribution is 5.23. The summed E-state index contributed by atoms with van der Waals surface area (Å²) in [6.07, 6.45) is 0. The van der Waals surface area contributed by atoms with Crippen LogP contribution in [0.5, 0.6) is 0 Å². The lowest BCUT2D eigenvalue weighted by molar-refractivity contribution is 0.105. The number of hydrogen-bond donors (Lipinski definition) is 2. The highest BCUT2D eigenvalue weighted by atomic mass is 19.1. The van der Waals surface area contributed by atoms with Crippen LogP contribution in [0.3, 0.4) is 0 Å². The van der Waals surface area contributed by atoms with Crippen molar-refractivity contribution in [1.29, 1.82) is 0 Å². The van der Waals surface area contributed by atoms with Crippen molar-refractivity contribution in [3.8, 4) is 0 Å². The fourth-order valence-corrected chi connectivity index (χ4v) is 2.21. The van der Waals surface area contributed by atoms with Gasteiger partial charge in [-0.2, -0.15) is 0 Å². The first kappa shape index (κ1) is 12.4. The first-order valence-electron chi connectivity index (χ1n) is 5.73. The van der Waals surface area contributed by atoms with Crippen LogP contribution in [0.4, 0.5) is 8.78 Å². The van der Waals surface area contributed by atoms with Gasteiger partial charge in [0.15, 0.2) is 0 Å². The van der Waals surface area contributed by atoms with E-state index in [0.29, 0.717) is 13.1 Å². The molecule has 17 heavy (non-hydrogen) atoms. The van der Waals surface area contributed by atoms with Crippen LogP contribution in [0, 0.1) is 11.6 Å². The fraction of sp³-hybridized carbons (Fsp3) is 0.500. The number of aliphatic hydroxyl groups excluding tert-OH is 1. The van der Waals surface area contributed by atoms with Gasteiger partial charge in [0.05, 0.1) is 12.6 Å². The number of nitrogens with zero attached hydrogens (tertiary/aromatic N) is 1. The molecule has 0 aromatic heterocycles. The van der Waals surface area contributed by atoms with Crippen LogP contribution >= 0.6 is 0 Å². The molecule has 1 heterocycles. The van der Waals surface area contributed by atoms with Crippen molar-refractivity contribution >= 4 is 0 Å². The van der Waals surface area contributed by atoms with Gasteiger partial charge >= 0.3 is 0 Å². The molecule has 3 nitrogen and oxygen atoms in total. The van der Waals surface area contributed by atoms with E-state index < -0.39 is 17.7 Å². The Bertz CT molecular complexity index is 361. The molecule has 2 N–H and O–H groups in total. The Morgan fingerprint density at radius 2 is 1.82 bits per heavy atom. The average molecular weight is 242 g/mol. The predicted octanol–water partition coefficient (Wildman–Crippen LogP) is 0.903. The van der Waals surface area contributed by atoms with Crippen LogP contribution in [0.25, 0.3) is 0 Å². The standard InChI is InChI=1S/C12H16F2N2O/c13-9-2-1-3-10(14)12(9)11(8-17)16-6-4-15-5-7-16/h1-3,11,15,17H,4-8H2/t11-/m1/s1. The highest BCUT2D eigenvalue weighted by Gasteiger charge is 2.26. The molecule has 1 aliphatic heterocycles. The third-order valence-corrected chi connectivity index (χ3v) is 3.10. The topological polar surface area (TPSA) is 35.5 Å². The predicted molar refractivity (Wildman–Crippen MR) is 60.6 cm³/mol. The SMILES string of the molecule is OC[C@H](c1c(F)cccc1F)N1CCNCC1. The lowest BCUT2D eigenvalue weighted by Crippen LogP contribution is -2.46. The van der Waals surface area contributed by atoms with E-state index in [1.165, 1.54) is 18.2 Å². The van der Waals surface area contributed by atoms with E-state index in [1.807, 2.05) is 4.90 Å². The molecule has 0 spiro atoms. The molecule has 1 aliphatic rings. The maximum atomic E-state index is 13.6. The molecule has 0 radical (unpaired) electrons. The maximum Gasteiger partial charge on any atom is 0.131 e. The Balaban J connectivity index is 2.27. The van der Waals surface area contributed by atoms with Gasteiger partial charge in [0.1, 0.15) is 11.6 Å². The van der Waals surface area contributed by atoms with Gasteiger partial charge in [-0.15, -0.1) is 0 Å². The van der Waals surface area contributed by atoms with Gasteiger partial charge in [-0.05, 0) is 12.1 Å². The van der Waals surface area contributed by atoms with Gasteiger partial charge in [-0.3, -0.25) is 4.90 Å². The zero-order chi connectivity index (χ0) is 12.3. The molecular formula is C12H16F2N2O. The lowest BCUT2D eigenvalue weighted by Gasteiger charge is -2.34. The summed E-state index contributed by atoms with van der Waals surface area (Å²) in [6, 6.07) is 3.19. The number of halogens is 2. The van der Waals surface area contributed by atoms with Gasteiger partial charge < -0.3 is 10.4 Å². The summed E-state index contributed by atoms with van der Waals surface area (Å²) in [5, 5.41) is 12.5. The monoisotopic (exact) mass is 242 g/mol. The van der Waals surface area contributed by atoms with Crippen LogP contribution in [-0.2, 0) is 0 Å². The van der Waals surface area contributed by atoms with Crippen LogP contribution in [-0.4, -0.2) is 42.8 Å². The molecule has 2 rings (SSSR count). The van der Waals surface area contributed by atoms with Crippen molar-refractivity contribution in [1.82, 2.24) is 10.2 Å². The maximum absolute atomic E-state index is 13.6. The molecule has 1 fully saturated rings. The molecule has 5 heteroatoms. The van der Waals surface area contributed by atoms with E-state index in [0.717, 1.165) is 13.1 Å². The van der Waals surface area contributed by atoms with Crippen molar-refractivity contribution in [2.75, 3.05) is 32.8 Å². The molecule has 1 saturated heterocycles. The zero-order valence-corrected chi connectivity index (χ0v) is 9.50. The van der Waals surface area contributed by atoms with Gasteiger partial charge in [0, 0.05) is 31.7 Å². The van der Waals surface area contributed by atoms with Crippen molar-refractivity contribution in [3.05, 3.63) is 35.4 Å². The second-order valence-electron chi connectivity index (χ2n) is 4.12. The summed E-state index contributed by atoms with van der Waals surface area (Å²) in [6.45, 7) is 2.62. The Hall–Kier alpha value is -1.04. The molecular weight excluding hydrogens is 226 g/mol. The summed E-state index contributed by atoms with van der Waals surface area (Å²) < 4.78 is 27.3. The van der Waals surface area contributed by atoms with Crippen molar-refractivity contribution in [2.45, 2.75) is 6.04 Å². The smallest absolute Gasteiger partial charge is 0.131 e. The Morgan fingerprint density at radius 1 is 1.24 bits per heavy atom. The summed E-state index contributed by atoms with van der Waals surface area (Å²) in [5.41, 5.74) is -0.0306. The highest BCUT2D eigenvalue weighted by Crippen LogP contribution is 2.25. The summed E-state index contributed by atoms with van der Waals surface area (Å²) in [5.74, 6) is -1.19. The van der Waals surface area contributed by atoms with Crippen LogP contribution < -0.4 is 5.32 Å². The molecule has 1 aromatic carbocycles. The molecule has 1 atom stereocenters. The summed E-state index contributed by atoms with van der Waals surface area (Å²) in [7, 11) is 0. The van der Waals surface area contributed by atoms with Crippen molar-refractivity contribution < 1.29 is 13.9 Å². The average Bonchev–Trinajstić information content (AvgIpc) is 2.35. The van der Waals surface area contributed by atoms with E-state index >= 15 is 0 Å². The van der Waals surface area contributed by atoms with Crippen LogP contribution in [0.15, 0.2) is 18.2 Å². The molecule has 0 unspecified atom stereocenters. The van der Waals surface area contributed by atoms with Crippen molar-refractivity contribution in [3.63, 3.8) is 0 Å². The molecule has 1 aromatic rings. The number of aliphatic hydroxyl groups is 1. The Kier molecular flexibility index (Phi) is 4.04. The molecule has 0 saturated carbocycles. The van der Waals surface area contributed by atoms with Crippen LogP contribution in [0.1, 0.15) is 11.6 Å². The van der Waals surface area contributed by atoms with E-state index in [2.05, 4.69) is 5.32 Å². The van der Waals surface area contributed by atoms with Gasteiger partial charge in [-0.1, -0.05) is 6.07 Å².